The van der Waals surface area contributed by atoms with Gasteiger partial charge >= 0.3 is 0 Å². The minimum atomic E-state index is -3.54. The molecule has 1 aliphatic rings. The minimum absolute atomic E-state index is 0.0159. The quantitative estimate of drug-likeness (QED) is 0.399. The maximum absolute atomic E-state index is 13.4. The van der Waals surface area contributed by atoms with Crippen LogP contribution in [0.2, 0.25) is 0 Å². The van der Waals surface area contributed by atoms with E-state index in [4.69, 9.17) is 4.74 Å². The second-order valence-electron chi connectivity index (χ2n) is 9.69. The van der Waals surface area contributed by atoms with Crippen LogP contribution >= 0.6 is 0 Å². The van der Waals surface area contributed by atoms with Crippen LogP contribution in [0.15, 0.2) is 91.0 Å². The zero-order chi connectivity index (χ0) is 25.4. The van der Waals surface area contributed by atoms with Crippen molar-refractivity contribution < 1.29 is 17.9 Å². The Hall–Kier alpha value is -3.16. The number of carbonyl (C=O) groups excluding carboxylic acids is 1. The van der Waals surface area contributed by atoms with Crippen LogP contribution in [-0.4, -0.2) is 50.3 Å². The molecule has 4 rings (SSSR count). The number of hydrogen-bond donors (Lipinski definition) is 0. The highest BCUT2D eigenvalue weighted by molar-refractivity contribution is 7.88. The van der Waals surface area contributed by atoms with Gasteiger partial charge in [-0.05, 0) is 36.1 Å². The van der Waals surface area contributed by atoms with E-state index in [2.05, 4.69) is 0 Å². The van der Waals surface area contributed by atoms with E-state index >= 15 is 0 Å². The Morgan fingerprint density at radius 1 is 0.917 bits per heavy atom. The van der Waals surface area contributed by atoms with E-state index in [9.17, 15) is 13.2 Å². The highest BCUT2D eigenvalue weighted by Gasteiger charge is 2.42. The summed E-state index contributed by atoms with van der Waals surface area (Å²) < 4.78 is 34.4. The fourth-order valence-corrected chi connectivity index (χ4v) is 6.42. The van der Waals surface area contributed by atoms with Gasteiger partial charge in [-0.3, -0.25) is 4.79 Å². The Morgan fingerprint density at radius 3 is 2.14 bits per heavy atom. The number of piperidine rings is 1. The lowest BCUT2D eigenvalue weighted by molar-refractivity contribution is -0.134. The van der Waals surface area contributed by atoms with Crippen molar-refractivity contribution in [1.82, 2.24) is 9.21 Å². The molecule has 3 aromatic carbocycles. The number of hydrogen-bond acceptors (Lipinski definition) is 4. The molecule has 1 aliphatic heterocycles. The minimum Gasteiger partial charge on any atom is -0.493 e. The van der Waals surface area contributed by atoms with E-state index in [1.54, 1.807) is 16.3 Å². The molecule has 7 heteroatoms. The zero-order valence-corrected chi connectivity index (χ0v) is 21.6. The topological polar surface area (TPSA) is 66.9 Å². The fourth-order valence-electron chi connectivity index (χ4n) is 4.74. The number of rotatable bonds is 10. The van der Waals surface area contributed by atoms with E-state index in [1.165, 1.54) is 0 Å². The van der Waals surface area contributed by atoms with Crippen molar-refractivity contribution in [3.8, 4) is 5.75 Å². The van der Waals surface area contributed by atoms with Crippen LogP contribution in [0.3, 0.4) is 0 Å². The highest BCUT2D eigenvalue weighted by atomic mass is 32.2. The summed E-state index contributed by atoms with van der Waals surface area (Å²) in [6.07, 6.45) is 1.63. The summed E-state index contributed by atoms with van der Waals surface area (Å²) in [5, 5.41) is 0. The Kier molecular flexibility index (Phi) is 8.44. The van der Waals surface area contributed by atoms with Crippen molar-refractivity contribution in [2.45, 2.75) is 31.6 Å². The second kappa shape index (κ2) is 11.7. The van der Waals surface area contributed by atoms with Gasteiger partial charge in [-0.2, -0.15) is 0 Å². The lowest BCUT2D eigenvalue weighted by Crippen LogP contribution is -2.50. The molecular formula is C29H34N2O4S. The molecule has 1 fully saturated rings. The van der Waals surface area contributed by atoms with Crippen LogP contribution in [0.1, 0.15) is 30.4 Å². The molecule has 1 heterocycles. The molecule has 1 unspecified atom stereocenters. The first-order valence-corrected chi connectivity index (χ1v) is 13.9. The van der Waals surface area contributed by atoms with Crippen molar-refractivity contribution >= 4 is 15.9 Å². The molecule has 0 N–H and O–H groups in total. The smallest absolute Gasteiger partial charge is 0.223 e. The Bertz CT molecular complexity index is 1220. The normalized spacial score (nSPS) is 18.5. The molecule has 0 bridgehead atoms. The molecule has 0 spiro atoms. The zero-order valence-electron chi connectivity index (χ0n) is 20.8. The van der Waals surface area contributed by atoms with Crippen molar-refractivity contribution in [3.63, 3.8) is 0 Å². The van der Waals surface area contributed by atoms with Gasteiger partial charge in [0.15, 0.2) is 0 Å². The maximum Gasteiger partial charge on any atom is 0.223 e. The Labute approximate surface area is 214 Å². The standard InChI is InChI=1S/C29H34N2O4S/c1-30(21-25-12-5-2-6-13-25)28(32)20-29(24-35-27-16-9-4-10-17-27)18-11-19-31(23-29)36(33,34)22-26-14-7-3-8-15-26/h2-10,12-17H,11,18-24H2,1H3. The van der Waals surface area contributed by atoms with Gasteiger partial charge in [-0.1, -0.05) is 78.9 Å². The van der Waals surface area contributed by atoms with Gasteiger partial charge in [-0.25, -0.2) is 12.7 Å². The van der Waals surface area contributed by atoms with Crippen LogP contribution < -0.4 is 4.74 Å². The molecule has 0 aromatic heterocycles. The molecule has 1 atom stereocenters. The first kappa shape index (κ1) is 25.9. The number of carbonyl (C=O) groups is 1. The van der Waals surface area contributed by atoms with E-state index in [0.717, 1.165) is 17.5 Å². The van der Waals surface area contributed by atoms with Gasteiger partial charge < -0.3 is 9.64 Å². The molecule has 0 aliphatic carbocycles. The molecule has 36 heavy (non-hydrogen) atoms. The fraction of sp³-hybridized carbons (Fsp3) is 0.345. The van der Waals surface area contributed by atoms with E-state index in [-0.39, 0.29) is 31.2 Å². The van der Waals surface area contributed by atoms with Gasteiger partial charge in [0, 0.05) is 38.5 Å². The number of amides is 1. The maximum atomic E-state index is 13.4. The molecule has 1 saturated heterocycles. The van der Waals surface area contributed by atoms with Gasteiger partial charge in [0.1, 0.15) is 5.75 Å². The number of ether oxygens (including phenoxy) is 1. The third-order valence-corrected chi connectivity index (χ3v) is 8.51. The van der Waals surface area contributed by atoms with Crippen molar-refractivity contribution in [2.75, 3.05) is 26.7 Å². The molecule has 3 aromatic rings. The number of benzene rings is 3. The number of sulfonamides is 1. The predicted molar refractivity (Wildman–Crippen MR) is 142 cm³/mol. The van der Waals surface area contributed by atoms with Gasteiger partial charge in [0.2, 0.25) is 15.9 Å². The third kappa shape index (κ3) is 6.95. The average molecular weight is 507 g/mol. The first-order chi connectivity index (χ1) is 17.4. The first-order valence-electron chi connectivity index (χ1n) is 12.3. The van der Waals surface area contributed by atoms with Crippen LogP contribution in [0.5, 0.6) is 5.75 Å². The monoisotopic (exact) mass is 506 g/mol. The largest absolute Gasteiger partial charge is 0.493 e. The molecule has 6 nitrogen and oxygen atoms in total. The predicted octanol–water partition coefficient (Wildman–Crippen LogP) is 4.73. The van der Waals surface area contributed by atoms with Gasteiger partial charge in [0.05, 0.1) is 12.4 Å². The molecular weight excluding hydrogens is 472 g/mol. The molecule has 0 saturated carbocycles. The summed E-state index contributed by atoms with van der Waals surface area (Å²) in [5.74, 6) is 0.648. The van der Waals surface area contributed by atoms with E-state index < -0.39 is 15.4 Å². The molecule has 190 valence electrons. The summed E-state index contributed by atoms with van der Waals surface area (Å²) in [5.41, 5.74) is 1.20. The van der Waals surface area contributed by atoms with Crippen molar-refractivity contribution in [3.05, 3.63) is 102 Å². The average Bonchev–Trinajstić information content (AvgIpc) is 2.89. The lowest BCUT2D eigenvalue weighted by Gasteiger charge is -2.42. The summed E-state index contributed by atoms with van der Waals surface area (Å²) in [6.45, 7) is 1.50. The second-order valence-corrected chi connectivity index (χ2v) is 11.7. The van der Waals surface area contributed by atoms with Crippen molar-refractivity contribution in [1.29, 1.82) is 0 Å². The lowest BCUT2D eigenvalue weighted by atomic mass is 9.78. The number of nitrogens with zero attached hydrogens (tertiary/aromatic N) is 2. The van der Waals surface area contributed by atoms with Gasteiger partial charge in [0.25, 0.3) is 0 Å². The summed E-state index contributed by atoms with van der Waals surface area (Å²) in [6, 6.07) is 28.6. The highest BCUT2D eigenvalue weighted by Crippen LogP contribution is 2.37. The van der Waals surface area contributed by atoms with Crippen LogP contribution in [0, 0.1) is 5.41 Å². The SMILES string of the molecule is CN(Cc1ccccc1)C(=O)CC1(COc2ccccc2)CCCN(S(=O)(=O)Cc2ccccc2)C1. The van der Waals surface area contributed by atoms with Crippen LogP contribution in [0.4, 0.5) is 0 Å². The summed E-state index contributed by atoms with van der Waals surface area (Å²) >= 11 is 0. The van der Waals surface area contributed by atoms with Crippen LogP contribution in [-0.2, 0) is 27.1 Å². The van der Waals surface area contributed by atoms with E-state index in [1.807, 2.05) is 91.0 Å². The van der Waals surface area contributed by atoms with Crippen LogP contribution in [0.25, 0.3) is 0 Å². The molecule has 0 radical (unpaired) electrons. The molecule has 1 amide bonds. The summed E-state index contributed by atoms with van der Waals surface area (Å²) in [4.78, 5) is 15.1. The van der Waals surface area contributed by atoms with Gasteiger partial charge in [-0.15, -0.1) is 0 Å². The van der Waals surface area contributed by atoms with Crippen molar-refractivity contribution in [2.24, 2.45) is 5.41 Å². The van der Waals surface area contributed by atoms with E-state index in [0.29, 0.717) is 25.3 Å². The Morgan fingerprint density at radius 2 is 1.50 bits per heavy atom. The third-order valence-electron chi connectivity index (χ3n) is 6.71. The number of para-hydroxylation sites is 1. The Balaban J connectivity index is 1.52. The summed E-state index contributed by atoms with van der Waals surface area (Å²) in [7, 11) is -1.74.